The molecule has 3 heteroatoms. The van der Waals surface area contributed by atoms with Crippen molar-refractivity contribution < 1.29 is 4.39 Å². The van der Waals surface area contributed by atoms with Crippen LogP contribution < -0.4 is 0 Å². The Balaban J connectivity index is 2.68. The van der Waals surface area contributed by atoms with Gasteiger partial charge in [-0.3, -0.25) is 0 Å². The summed E-state index contributed by atoms with van der Waals surface area (Å²) in [6.07, 6.45) is 1.56. The van der Waals surface area contributed by atoms with Gasteiger partial charge in [0, 0.05) is 11.8 Å². The van der Waals surface area contributed by atoms with Gasteiger partial charge in [-0.25, -0.2) is 4.39 Å². The standard InChI is InChI=1S/C11H9ClFN/c1-7-3-2-4-8(12)10(7)11-9(13)5-6-14-11/h2-6,14H,1H3. The number of H-pyrrole nitrogens is 1. The minimum atomic E-state index is -0.277. The summed E-state index contributed by atoms with van der Waals surface area (Å²) >= 11 is 6.01. The van der Waals surface area contributed by atoms with E-state index >= 15 is 0 Å². The Morgan fingerprint density at radius 2 is 2.07 bits per heavy atom. The van der Waals surface area contributed by atoms with Gasteiger partial charge in [-0.1, -0.05) is 23.7 Å². The van der Waals surface area contributed by atoms with Crippen molar-refractivity contribution in [3.63, 3.8) is 0 Å². The highest BCUT2D eigenvalue weighted by Gasteiger charge is 2.11. The third-order valence-corrected chi connectivity index (χ3v) is 2.48. The Labute approximate surface area is 86.5 Å². The molecule has 1 aromatic heterocycles. The number of aromatic nitrogens is 1. The molecule has 1 nitrogen and oxygen atoms in total. The highest BCUT2D eigenvalue weighted by molar-refractivity contribution is 6.33. The van der Waals surface area contributed by atoms with Crippen molar-refractivity contribution in [2.75, 3.05) is 0 Å². The van der Waals surface area contributed by atoms with Crippen LogP contribution in [0.2, 0.25) is 5.02 Å². The Hall–Kier alpha value is -1.28. The second kappa shape index (κ2) is 3.46. The topological polar surface area (TPSA) is 15.8 Å². The average Bonchev–Trinajstić information content (AvgIpc) is 2.52. The smallest absolute Gasteiger partial charge is 0.148 e. The average molecular weight is 210 g/mol. The van der Waals surface area contributed by atoms with Gasteiger partial charge in [0.05, 0.1) is 10.7 Å². The van der Waals surface area contributed by atoms with Gasteiger partial charge in [-0.2, -0.15) is 0 Å². The second-order valence-corrected chi connectivity index (χ2v) is 3.54. The normalized spacial score (nSPS) is 10.5. The van der Waals surface area contributed by atoms with Gasteiger partial charge in [0.15, 0.2) is 0 Å². The zero-order valence-corrected chi connectivity index (χ0v) is 8.40. The van der Waals surface area contributed by atoms with Gasteiger partial charge in [0.2, 0.25) is 0 Å². The van der Waals surface area contributed by atoms with Gasteiger partial charge in [-0.05, 0) is 24.6 Å². The van der Waals surface area contributed by atoms with Crippen LogP contribution in [-0.4, -0.2) is 4.98 Å². The third kappa shape index (κ3) is 1.42. The second-order valence-electron chi connectivity index (χ2n) is 3.13. The molecule has 2 aromatic rings. The molecule has 0 saturated carbocycles. The lowest BCUT2D eigenvalue weighted by Crippen LogP contribution is -1.87. The summed E-state index contributed by atoms with van der Waals surface area (Å²) in [6.45, 7) is 1.90. The zero-order valence-electron chi connectivity index (χ0n) is 7.64. The lowest BCUT2D eigenvalue weighted by Gasteiger charge is -2.05. The maximum atomic E-state index is 13.3. The van der Waals surface area contributed by atoms with Gasteiger partial charge in [-0.15, -0.1) is 0 Å². The van der Waals surface area contributed by atoms with Crippen LogP contribution in [0.3, 0.4) is 0 Å². The van der Waals surface area contributed by atoms with E-state index in [1.807, 2.05) is 19.1 Å². The number of halogens is 2. The first-order chi connectivity index (χ1) is 6.70. The lowest BCUT2D eigenvalue weighted by molar-refractivity contribution is 0.633. The predicted molar refractivity (Wildman–Crippen MR) is 55.9 cm³/mol. The number of rotatable bonds is 1. The monoisotopic (exact) mass is 209 g/mol. The van der Waals surface area contributed by atoms with E-state index in [0.717, 1.165) is 11.1 Å². The Kier molecular flexibility index (Phi) is 2.30. The molecule has 0 unspecified atom stereocenters. The molecule has 0 aliphatic rings. The molecule has 0 aliphatic heterocycles. The van der Waals surface area contributed by atoms with Crippen LogP contribution in [-0.2, 0) is 0 Å². The highest BCUT2D eigenvalue weighted by Crippen LogP contribution is 2.31. The number of aromatic amines is 1. The van der Waals surface area contributed by atoms with Crippen molar-refractivity contribution in [3.8, 4) is 11.3 Å². The number of hydrogen-bond donors (Lipinski definition) is 1. The maximum Gasteiger partial charge on any atom is 0.148 e. The molecule has 0 amide bonds. The van der Waals surface area contributed by atoms with E-state index < -0.39 is 0 Å². The highest BCUT2D eigenvalue weighted by atomic mass is 35.5. The minimum Gasteiger partial charge on any atom is -0.359 e. The molecular formula is C11H9ClFN. The molecule has 0 fully saturated rings. The third-order valence-electron chi connectivity index (χ3n) is 2.17. The van der Waals surface area contributed by atoms with E-state index in [9.17, 15) is 4.39 Å². The van der Waals surface area contributed by atoms with Crippen molar-refractivity contribution >= 4 is 11.6 Å². The summed E-state index contributed by atoms with van der Waals surface area (Å²) in [4.78, 5) is 2.84. The fourth-order valence-corrected chi connectivity index (χ4v) is 1.81. The van der Waals surface area contributed by atoms with Crippen LogP contribution in [0.25, 0.3) is 11.3 Å². The summed E-state index contributed by atoms with van der Waals surface area (Å²) in [5.74, 6) is -0.277. The number of benzene rings is 1. The lowest BCUT2D eigenvalue weighted by atomic mass is 10.1. The molecule has 0 radical (unpaired) electrons. The zero-order chi connectivity index (χ0) is 10.1. The number of nitrogens with one attached hydrogen (secondary N) is 1. The Morgan fingerprint density at radius 1 is 1.29 bits per heavy atom. The molecular weight excluding hydrogens is 201 g/mol. The first-order valence-electron chi connectivity index (χ1n) is 4.28. The number of hydrogen-bond acceptors (Lipinski definition) is 0. The van der Waals surface area contributed by atoms with E-state index in [2.05, 4.69) is 4.98 Å². The van der Waals surface area contributed by atoms with Crippen molar-refractivity contribution in [3.05, 3.63) is 46.9 Å². The van der Waals surface area contributed by atoms with Crippen LogP contribution in [0.5, 0.6) is 0 Å². The summed E-state index contributed by atoms with van der Waals surface area (Å²) in [6, 6.07) is 6.89. The van der Waals surface area contributed by atoms with E-state index in [0.29, 0.717) is 10.7 Å². The van der Waals surface area contributed by atoms with Crippen LogP contribution in [0.15, 0.2) is 30.5 Å². The van der Waals surface area contributed by atoms with Gasteiger partial charge < -0.3 is 4.98 Å². The van der Waals surface area contributed by atoms with E-state index in [-0.39, 0.29) is 5.82 Å². The quantitative estimate of drug-likeness (QED) is 0.736. The van der Waals surface area contributed by atoms with Crippen LogP contribution in [0, 0.1) is 12.7 Å². The SMILES string of the molecule is Cc1cccc(Cl)c1-c1[nH]ccc1F. The van der Waals surface area contributed by atoms with Gasteiger partial charge in [0.1, 0.15) is 5.82 Å². The van der Waals surface area contributed by atoms with Crippen molar-refractivity contribution in [2.45, 2.75) is 6.92 Å². The van der Waals surface area contributed by atoms with Crippen LogP contribution >= 0.6 is 11.6 Å². The summed E-state index contributed by atoms with van der Waals surface area (Å²) < 4.78 is 13.3. The summed E-state index contributed by atoms with van der Waals surface area (Å²) in [5, 5.41) is 0.561. The molecule has 2 rings (SSSR count). The van der Waals surface area contributed by atoms with Crippen LogP contribution in [0.1, 0.15) is 5.56 Å². The van der Waals surface area contributed by atoms with E-state index in [4.69, 9.17) is 11.6 Å². The van der Waals surface area contributed by atoms with Crippen molar-refractivity contribution in [1.29, 1.82) is 0 Å². The molecule has 14 heavy (non-hydrogen) atoms. The fourth-order valence-electron chi connectivity index (χ4n) is 1.49. The van der Waals surface area contributed by atoms with E-state index in [1.165, 1.54) is 6.07 Å². The van der Waals surface area contributed by atoms with E-state index in [1.54, 1.807) is 12.3 Å². The van der Waals surface area contributed by atoms with Crippen molar-refractivity contribution in [1.82, 2.24) is 4.98 Å². The molecule has 0 saturated heterocycles. The molecule has 0 bridgehead atoms. The first-order valence-corrected chi connectivity index (χ1v) is 4.66. The first kappa shape index (κ1) is 9.28. The number of aryl methyl sites for hydroxylation is 1. The molecule has 0 aliphatic carbocycles. The molecule has 0 atom stereocenters. The molecule has 0 spiro atoms. The Morgan fingerprint density at radius 3 is 2.64 bits per heavy atom. The maximum absolute atomic E-state index is 13.3. The molecule has 72 valence electrons. The molecule has 1 N–H and O–H groups in total. The van der Waals surface area contributed by atoms with Gasteiger partial charge in [0.25, 0.3) is 0 Å². The molecule has 1 aromatic carbocycles. The molecule has 1 heterocycles. The van der Waals surface area contributed by atoms with Crippen LogP contribution in [0.4, 0.5) is 4.39 Å². The summed E-state index contributed by atoms with van der Waals surface area (Å²) in [5.41, 5.74) is 2.14. The van der Waals surface area contributed by atoms with Crippen molar-refractivity contribution in [2.24, 2.45) is 0 Å². The largest absolute Gasteiger partial charge is 0.359 e. The summed E-state index contributed by atoms with van der Waals surface area (Å²) in [7, 11) is 0. The van der Waals surface area contributed by atoms with Gasteiger partial charge >= 0.3 is 0 Å². The Bertz CT molecular complexity index is 442. The minimum absolute atomic E-state index is 0.277. The predicted octanol–water partition coefficient (Wildman–Crippen LogP) is 3.78. The fraction of sp³-hybridized carbons (Fsp3) is 0.0909.